The van der Waals surface area contributed by atoms with Crippen LogP contribution >= 0.6 is 0 Å². The molecule has 122 valence electrons. The molecule has 3 rings (SSSR count). The maximum absolute atomic E-state index is 12.4. The third-order valence-electron chi connectivity index (χ3n) is 4.00. The van der Waals surface area contributed by atoms with Crippen molar-refractivity contribution in [1.29, 1.82) is 0 Å². The van der Waals surface area contributed by atoms with E-state index < -0.39 is 0 Å². The molecule has 2 aromatic rings. The van der Waals surface area contributed by atoms with Gasteiger partial charge in [0.25, 0.3) is 5.91 Å². The molecule has 0 radical (unpaired) electrons. The maximum Gasteiger partial charge on any atom is 0.289 e. The number of aromatic nitrogens is 3. The number of amides is 1. The Kier molecular flexibility index (Phi) is 4.15. The minimum absolute atomic E-state index is 0.0456. The quantitative estimate of drug-likeness (QED) is 0.942. The van der Waals surface area contributed by atoms with E-state index in [2.05, 4.69) is 25.2 Å². The highest BCUT2D eigenvalue weighted by molar-refractivity contribution is 5.97. The Morgan fingerprint density at radius 1 is 1.17 bits per heavy atom. The Balaban J connectivity index is 2.18. The van der Waals surface area contributed by atoms with Gasteiger partial charge in [0.05, 0.1) is 5.39 Å². The molecule has 0 atom stereocenters. The first-order valence-corrected chi connectivity index (χ1v) is 8.17. The standard InChI is InChI=1S/C17H23N5O/c1-10(2)18-17(23)15-20-14-13(11(3)9-12(4)19-14)16(21-15)22-7-5-6-8-22/h9-10H,5-8H2,1-4H3,(H,18,23). The van der Waals surface area contributed by atoms with Crippen LogP contribution in [0.5, 0.6) is 0 Å². The number of nitrogens with one attached hydrogen (secondary N) is 1. The number of carbonyl (C=O) groups is 1. The third-order valence-corrected chi connectivity index (χ3v) is 4.00. The van der Waals surface area contributed by atoms with E-state index in [0.29, 0.717) is 5.65 Å². The van der Waals surface area contributed by atoms with Gasteiger partial charge in [0, 0.05) is 24.8 Å². The average molecular weight is 313 g/mol. The first-order valence-electron chi connectivity index (χ1n) is 8.17. The number of carbonyl (C=O) groups excluding carboxylic acids is 1. The molecule has 1 fully saturated rings. The number of fused-ring (bicyclic) bond motifs is 1. The highest BCUT2D eigenvalue weighted by atomic mass is 16.2. The molecule has 0 aromatic carbocycles. The fourth-order valence-electron chi connectivity index (χ4n) is 3.04. The Morgan fingerprint density at radius 2 is 1.87 bits per heavy atom. The van der Waals surface area contributed by atoms with Crippen molar-refractivity contribution < 1.29 is 4.79 Å². The Labute approximate surface area is 136 Å². The molecular weight excluding hydrogens is 290 g/mol. The van der Waals surface area contributed by atoms with Gasteiger partial charge in [-0.25, -0.2) is 15.0 Å². The number of anilines is 1. The van der Waals surface area contributed by atoms with E-state index >= 15 is 0 Å². The summed E-state index contributed by atoms with van der Waals surface area (Å²) in [4.78, 5) is 28.1. The molecule has 3 heterocycles. The van der Waals surface area contributed by atoms with Gasteiger partial charge in [0.1, 0.15) is 5.82 Å². The van der Waals surface area contributed by atoms with E-state index in [1.165, 1.54) is 0 Å². The summed E-state index contributed by atoms with van der Waals surface area (Å²) >= 11 is 0. The van der Waals surface area contributed by atoms with Crippen molar-refractivity contribution in [1.82, 2.24) is 20.3 Å². The van der Waals surface area contributed by atoms with Gasteiger partial charge >= 0.3 is 0 Å². The normalized spacial score (nSPS) is 14.7. The number of hydrogen-bond donors (Lipinski definition) is 1. The highest BCUT2D eigenvalue weighted by Gasteiger charge is 2.22. The van der Waals surface area contributed by atoms with Crippen molar-refractivity contribution in [3.8, 4) is 0 Å². The zero-order chi connectivity index (χ0) is 16.6. The number of rotatable bonds is 3. The van der Waals surface area contributed by atoms with Crippen molar-refractivity contribution in [2.45, 2.75) is 46.6 Å². The largest absolute Gasteiger partial charge is 0.356 e. The smallest absolute Gasteiger partial charge is 0.289 e. The van der Waals surface area contributed by atoms with Gasteiger partial charge in [-0.15, -0.1) is 0 Å². The van der Waals surface area contributed by atoms with Crippen molar-refractivity contribution in [3.63, 3.8) is 0 Å². The van der Waals surface area contributed by atoms with Crippen LogP contribution in [0.3, 0.4) is 0 Å². The molecule has 1 amide bonds. The molecule has 0 spiro atoms. The zero-order valence-corrected chi connectivity index (χ0v) is 14.2. The summed E-state index contributed by atoms with van der Waals surface area (Å²) in [5, 5.41) is 3.82. The minimum Gasteiger partial charge on any atom is -0.356 e. The SMILES string of the molecule is Cc1cc(C)c2c(N3CCCC3)nc(C(=O)NC(C)C)nc2n1. The van der Waals surface area contributed by atoms with Gasteiger partial charge in [-0.3, -0.25) is 4.79 Å². The summed E-state index contributed by atoms with van der Waals surface area (Å²) in [5.41, 5.74) is 2.61. The van der Waals surface area contributed by atoms with Crippen LogP contribution in [-0.4, -0.2) is 40.0 Å². The lowest BCUT2D eigenvalue weighted by molar-refractivity contribution is 0.0933. The maximum atomic E-state index is 12.4. The molecule has 6 heteroatoms. The van der Waals surface area contributed by atoms with Crippen molar-refractivity contribution in [2.75, 3.05) is 18.0 Å². The molecule has 6 nitrogen and oxygen atoms in total. The fourth-order valence-corrected chi connectivity index (χ4v) is 3.04. The number of pyridine rings is 1. The molecule has 2 aromatic heterocycles. The van der Waals surface area contributed by atoms with Crippen LogP contribution in [0.25, 0.3) is 11.0 Å². The Bertz CT molecular complexity index is 750. The summed E-state index contributed by atoms with van der Waals surface area (Å²) < 4.78 is 0. The van der Waals surface area contributed by atoms with Crippen LogP contribution < -0.4 is 10.2 Å². The predicted molar refractivity (Wildman–Crippen MR) is 90.9 cm³/mol. The van der Waals surface area contributed by atoms with Gasteiger partial charge in [-0.2, -0.15) is 0 Å². The minimum atomic E-state index is -0.247. The lowest BCUT2D eigenvalue weighted by Crippen LogP contribution is -2.32. The second kappa shape index (κ2) is 6.10. The fraction of sp³-hybridized carbons (Fsp3) is 0.529. The third kappa shape index (κ3) is 3.11. The summed E-state index contributed by atoms with van der Waals surface area (Å²) in [7, 11) is 0. The Morgan fingerprint density at radius 3 is 2.52 bits per heavy atom. The molecular formula is C17H23N5O. The van der Waals surface area contributed by atoms with Crippen LogP contribution in [-0.2, 0) is 0 Å². The lowest BCUT2D eigenvalue weighted by Gasteiger charge is -2.20. The number of aryl methyl sites for hydroxylation is 2. The summed E-state index contributed by atoms with van der Waals surface area (Å²) in [6, 6.07) is 2.09. The topological polar surface area (TPSA) is 71.0 Å². The monoisotopic (exact) mass is 313 g/mol. The molecule has 23 heavy (non-hydrogen) atoms. The van der Waals surface area contributed by atoms with E-state index in [9.17, 15) is 4.79 Å². The molecule has 1 aliphatic heterocycles. The van der Waals surface area contributed by atoms with Crippen molar-refractivity contribution in [3.05, 3.63) is 23.1 Å². The van der Waals surface area contributed by atoms with E-state index in [4.69, 9.17) is 0 Å². The van der Waals surface area contributed by atoms with E-state index in [1.807, 2.05) is 33.8 Å². The van der Waals surface area contributed by atoms with Gasteiger partial charge in [-0.1, -0.05) is 0 Å². The average Bonchev–Trinajstić information content (AvgIpc) is 2.98. The molecule has 0 bridgehead atoms. The Hall–Kier alpha value is -2.24. The lowest BCUT2D eigenvalue weighted by atomic mass is 10.1. The highest BCUT2D eigenvalue weighted by Crippen LogP contribution is 2.29. The summed E-state index contributed by atoms with van der Waals surface area (Å²) in [6.45, 7) is 9.76. The van der Waals surface area contributed by atoms with E-state index in [-0.39, 0.29) is 17.8 Å². The molecule has 0 unspecified atom stereocenters. The number of nitrogens with zero attached hydrogens (tertiary/aromatic N) is 4. The van der Waals surface area contributed by atoms with Gasteiger partial charge < -0.3 is 10.2 Å². The van der Waals surface area contributed by atoms with Gasteiger partial charge in [0.15, 0.2) is 5.65 Å². The van der Waals surface area contributed by atoms with Gasteiger partial charge in [-0.05, 0) is 52.2 Å². The summed E-state index contributed by atoms with van der Waals surface area (Å²) in [6.07, 6.45) is 2.30. The van der Waals surface area contributed by atoms with Crippen LogP contribution in [0.2, 0.25) is 0 Å². The summed E-state index contributed by atoms with van der Waals surface area (Å²) in [5.74, 6) is 0.792. The second-order valence-electron chi connectivity index (χ2n) is 6.47. The second-order valence-corrected chi connectivity index (χ2v) is 6.47. The zero-order valence-electron chi connectivity index (χ0n) is 14.2. The van der Waals surface area contributed by atoms with Crippen molar-refractivity contribution >= 4 is 22.8 Å². The van der Waals surface area contributed by atoms with Crippen LogP contribution in [0, 0.1) is 13.8 Å². The van der Waals surface area contributed by atoms with E-state index in [1.54, 1.807) is 0 Å². The molecule has 1 saturated heterocycles. The molecule has 0 saturated carbocycles. The molecule has 1 aliphatic rings. The van der Waals surface area contributed by atoms with Crippen LogP contribution in [0.4, 0.5) is 5.82 Å². The number of hydrogen-bond acceptors (Lipinski definition) is 5. The van der Waals surface area contributed by atoms with E-state index in [0.717, 1.165) is 48.4 Å². The van der Waals surface area contributed by atoms with Crippen LogP contribution in [0.15, 0.2) is 6.07 Å². The van der Waals surface area contributed by atoms with Crippen molar-refractivity contribution in [2.24, 2.45) is 0 Å². The molecule has 0 aliphatic carbocycles. The first-order chi connectivity index (χ1) is 11.0. The first kappa shape index (κ1) is 15.6. The van der Waals surface area contributed by atoms with Crippen LogP contribution in [0.1, 0.15) is 48.6 Å². The predicted octanol–water partition coefficient (Wildman–Crippen LogP) is 2.38. The molecule has 1 N–H and O–H groups in total. The van der Waals surface area contributed by atoms with Gasteiger partial charge in [0.2, 0.25) is 5.82 Å².